The molecule has 6 nitrogen and oxygen atoms in total. The van der Waals surface area contributed by atoms with Gasteiger partial charge in [-0.3, -0.25) is 9.59 Å². The number of hydrogen-bond acceptors (Lipinski definition) is 4. The van der Waals surface area contributed by atoms with Crippen molar-refractivity contribution in [1.29, 1.82) is 0 Å². The summed E-state index contributed by atoms with van der Waals surface area (Å²) >= 11 is 0. The van der Waals surface area contributed by atoms with E-state index in [2.05, 4.69) is 25.8 Å². The van der Waals surface area contributed by atoms with E-state index in [1.165, 1.54) is 6.07 Å². The summed E-state index contributed by atoms with van der Waals surface area (Å²) in [4.78, 5) is 31.7. The predicted octanol–water partition coefficient (Wildman–Crippen LogP) is 2.38. The smallest absolute Gasteiger partial charge is 0.242 e. The van der Waals surface area contributed by atoms with Crippen molar-refractivity contribution in [2.24, 2.45) is 11.8 Å². The lowest BCUT2D eigenvalue weighted by atomic mass is 9.95. The second-order valence-corrected chi connectivity index (χ2v) is 9.01. The van der Waals surface area contributed by atoms with E-state index in [4.69, 9.17) is 4.74 Å². The molecule has 1 aromatic rings. The number of likely N-dealkylation sites (tertiary alicyclic amines) is 1. The monoisotopic (exact) mass is 419 g/mol. The first-order valence-corrected chi connectivity index (χ1v) is 10.9. The molecule has 1 atom stereocenters. The predicted molar refractivity (Wildman–Crippen MR) is 113 cm³/mol. The van der Waals surface area contributed by atoms with Gasteiger partial charge in [0.05, 0.1) is 19.3 Å². The van der Waals surface area contributed by atoms with Gasteiger partial charge in [0.15, 0.2) is 0 Å². The fourth-order valence-corrected chi connectivity index (χ4v) is 4.21. The number of carbonyl (C=O) groups is 2. The van der Waals surface area contributed by atoms with Gasteiger partial charge >= 0.3 is 0 Å². The fraction of sp³-hybridized carbons (Fsp3) is 0.652. The van der Waals surface area contributed by atoms with Crippen LogP contribution in [0.2, 0.25) is 0 Å². The van der Waals surface area contributed by atoms with Gasteiger partial charge in [-0.1, -0.05) is 32.0 Å². The highest BCUT2D eigenvalue weighted by Crippen LogP contribution is 2.21. The summed E-state index contributed by atoms with van der Waals surface area (Å²) in [6, 6.07) is 6.54. The van der Waals surface area contributed by atoms with Gasteiger partial charge in [-0.05, 0) is 45.0 Å². The van der Waals surface area contributed by atoms with Crippen molar-refractivity contribution in [2.45, 2.75) is 39.4 Å². The second kappa shape index (κ2) is 10.4. The van der Waals surface area contributed by atoms with Crippen LogP contribution < -0.4 is 0 Å². The highest BCUT2D eigenvalue weighted by molar-refractivity contribution is 5.86. The molecule has 2 aliphatic heterocycles. The molecular weight excluding hydrogens is 385 g/mol. The zero-order valence-corrected chi connectivity index (χ0v) is 18.3. The normalized spacial score (nSPS) is 21.9. The molecule has 2 fully saturated rings. The van der Waals surface area contributed by atoms with E-state index < -0.39 is 0 Å². The van der Waals surface area contributed by atoms with E-state index >= 15 is 0 Å². The first-order valence-electron chi connectivity index (χ1n) is 10.9. The van der Waals surface area contributed by atoms with Gasteiger partial charge in [-0.2, -0.15) is 0 Å². The molecule has 2 aliphatic rings. The third kappa shape index (κ3) is 6.01. The molecule has 0 saturated carbocycles. The molecule has 0 spiro atoms. The minimum Gasteiger partial charge on any atom is -0.370 e. The Labute approximate surface area is 179 Å². The summed E-state index contributed by atoms with van der Waals surface area (Å²) in [5.41, 5.74) is 0.483. The number of halogens is 1. The quantitative estimate of drug-likeness (QED) is 0.711. The molecule has 0 aromatic heterocycles. The summed E-state index contributed by atoms with van der Waals surface area (Å²) in [6.45, 7) is 7.53. The van der Waals surface area contributed by atoms with Gasteiger partial charge in [0.25, 0.3) is 0 Å². The molecule has 0 bridgehead atoms. The van der Waals surface area contributed by atoms with Crippen LogP contribution in [-0.4, -0.2) is 78.9 Å². The zero-order valence-electron chi connectivity index (χ0n) is 18.3. The first kappa shape index (κ1) is 22.7. The number of benzene rings is 1. The van der Waals surface area contributed by atoms with E-state index in [0.717, 1.165) is 25.9 Å². The summed E-state index contributed by atoms with van der Waals surface area (Å²) in [5, 5.41) is 0. The number of amides is 2. The van der Waals surface area contributed by atoms with Crippen LogP contribution in [0.4, 0.5) is 4.39 Å². The molecular formula is C23H34FN3O3. The average molecular weight is 420 g/mol. The lowest BCUT2D eigenvalue weighted by molar-refractivity contribution is -0.142. The summed E-state index contributed by atoms with van der Waals surface area (Å²) in [6.07, 6.45) is 1.29. The van der Waals surface area contributed by atoms with Crippen LogP contribution in [0.1, 0.15) is 32.3 Å². The average Bonchev–Trinajstić information content (AvgIpc) is 2.86. The number of ether oxygens (including phenoxy) is 1. The van der Waals surface area contributed by atoms with Crippen LogP contribution in [0, 0.1) is 17.7 Å². The van der Waals surface area contributed by atoms with Crippen molar-refractivity contribution in [3.05, 3.63) is 35.6 Å². The number of rotatable bonds is 6. The Balaban J connectivity index is 1.71. The third-order valence-electron chi connectivity index (χ3n) is 5.92. The first-order chi connectivity index (χ1) is 14.3. The highest BCUT2D eigenvalue weighted by Gasteiger charge is 2.34. The number of hydrogen-bond donors (Lipinski definition) is 0. The maximum atomic E-state index is 14.0. The molecule has 3 rings (SSSR count). The van der Waals surface area contributed by atoms with Crippen molar-refractivity contribution in [3.63, 3.8) is 0 Å². The maximum Gasteiger partial charge on any atom is 0.242 e. The molecule has 0 N–H and O–H groups in total. The number of piperidine rings is 1. The largest absolute Gasteiger partial charge is 0.370 e. The molecule has 1 unspecified atom stereocenters. The van der Waals surface area contributed by atoms with Crippen molar-refractivity contribution >= 4 is 11.8 Å². The Morgan fingerprint density at radius 1 is 1.20 bits per heavy atom. The molecule has 1 aromatic carbocycles. The molecule has 7 heteroatoms. The van der Waals surface area contributed by atoms with Gasteiger partial charge in [-0.15, -0.1) is 0 Å². The van der Waals surface area contributed by atoms with Crippen LogP contribution >= 0.6 is 0 Å². The second-order valence-electron chi connectivity index (χ2n) is 9.01. The molecule has 2 heterocycles. The summed E-state index contributed by atoms with van der Waals surface area (Å²) in [5.74, 6) is -0.0278. The van der Waals surface area contributed by atoms with Crippen LogP contribution in [0.25, 0.3) is 0 Å². The maximum absolute atomic E-state index is 14.0. The molecule has 0 aliphatic carbocycles. The van der Waals surface area contributed by atoms with E-state index in [-0.39, 0.29) is 42.8 Å². The van der Waals surface area contributed by atoms with E-state index in [0.29, 0.717) is 31.1 Å². The summed E-state index contributed by atoms with van der Waals surface area (Å²) in [7, 11) is 2.06. The lowest BCUT2D eigenvalue weighted by Gasteiger charge is -2.32. The van der Waals surface area contributed by atoms with E-state index in [1.54, 1.807) is 28.0 Å². The van der Waals surface area contributed by atoms with Crippen molar-refractivity contribution in [2.75, 3.05) is 46.3 Å². The van der Waals surface area contributed by atoms with E-state index in [1.807, 2.05) is 0 Å². The SMILES string of the molecule is CC(C)CN1CC(OCc2ccccc2F)CN(C(=O)C2CCN(C)CC2)CC1=O. The Hall–Kier alpha value is -1.99. The van der Waals surface area contributed by atoms with Crippen molar-refractivity contribution in [3.8, 4) is 0 Å². The van der Waals surface area contributed by atoms with Crippen LogP contribution in [0.5, 0.6) is 0 Å². The molecule has 166 valence electrons. The third-order valence-corrected chi connectivity index (χ3v) is 5.92. The van der Waals surface area contributed by atoms with Crippen LogP contribution in [0.15, 0.2) is 24.3 Å². The summed E-state index contributed by atoms with van der Waals surface area (Å²) < 4.78 is 20.0. The molecule has 0 radical (unpaired) electrons. The fourth-order valence-electron chi connectivity index (χ4n) is 4.21. The van der Waals surface area contributed by atoms with Gasteiger partial charge in [0.2, 0.25) is 11.8 Å². The minimum atomic E-state index is -0.343. The lowest BCUT2D eigenvalue weighted by Crippen LogP contribution is -2.45. The van der Waals surface area contributed by atoms with Gasteiger partial charge in [-0.25, -0.2) is 4.39 Å². The van der Waals surface area contributed by atoms with Crippen molar-refractivity contribution < 1.29 is 18.7 Å². The minimum absolute atomic E-state index is 0.0398. The number of carbonyl (C=O) groups excluding carboxylic acids is 2. The number of nitrogens with zero attached hydrogens (tertiary/aromatic N) is 3. The molecule has 2 amide bonds. The zero-order chi connectivity index (χ0) is 21.7. The van der Waals surface area contributed by atoms with Crippen LogP contribution in [0.3, 0.4) is 0 Å². The Kier molecular flexibility index (Phi) is 7.83. The Morgan fingerprint density at radius 3 is 2.57 bits per heavy atom. The Morgan fingerprint density at radius 2 is 1.90 bits per heavy atom. The molecule has 30 heavy (non-hydrogen) atoms. The van der Waals surface area contributed by atoms with Crippen LogP contribution in [-0.2, 0) is 20.9 Å². The standard InChI is InChI=1S/C23H34FN3O3/c1-17(2)12-26-13-20(30-16-19-6-4-5-7-21(19)24)14-27(15-22(26)28)23(29)18-8-10-25(3)11-9-18/h4-7,17-18,20H,8-16H2,1-3H3. The highest BCUT2D eigenvalue weighted by atomic mass is 19.1. The van der Waals surface area contributed by atoms with E-state index in [9.17, 15) is 14.0 Å². The van der Waals surface area contributed by atoms with Gasteiger partial charge < -0.3 is 19.4 Å². The van der Waals surface area contributed by atoms with Gasteiger partial charge in [0, 0.05) is 31.1 Å². The van der Waals surface area contributed by atoms with Crippen molar-refractivity contribution in [1.82, 2.24) is 14.7 Å². The Bertz CT molecular complexity index is 734. The topological polar surface area (TPSA) is 53.1 Å². The molecule has 2 saturated heterocycles. The van der Waals surface area contributed by atoms with Gasteiger partial charge in [0.1, 0.15) is 5.82 Å².